The highest BCUT2D eigenvalue weighted by Gasteiger charge is 2.26. The van der Waals surface area contributed by atoms with Crippen molar-refractivity contribution in [1.82, 2.24) is 25.3 Å². The van der Waals surface area contributed by atoms with Crippen molar-refractivity contribution in [3.05, 3.63) is 82.8 Å². The van der Waals surface area contributed by atoms with Gasteiger partial charge in [0.25, 0.3) is 0 Å². The van der Waals surface area contributed by atoms with Crippen LogP contribution in [0.15, 0.2) is 66.0 Å². The first-order chi connectivity index (χ1) is 12.2. The van der Waals surface area contributed by atoms with Crippen LogP contribution in [-0.2, 0) is 19.5 Å². The average Bonchev–Trinajstić information content (AvgIpc) is 2.65. The Bertz CT molecular complexity index is 825. The lowest BCUT2D eigenvalue weighted by atomic mass is 10.0. The summed E-state index contributed by atoms with van der Waals surface area (Å²) in [6, 6.07) is 8.32. The Morgan fingerprint density at radius 3 is 2.88 bits per heavy atom. The van der Waals surface area contributed by atoms with Crippen LogP contribution in [0.5, 0.6) is 0 Å². The highest BCUT2D eigenvalue weighted by Crippen LogP contribution is 2.29. The van der Waals surface area contributed by atoms with Crippen LogP contribution in [0.2, 0.25) is 0 Å². The van der Waals surface area contributed by atoms with Crippen molar-refractivity contribution in [2.45, 2.75) is 33.4 Å². The molecular weight excluding hydrogens is 310 g/mol. The molecule has 4 rings (SSSR count). The maximum absolute atomic E-state index is 4.53. The summed E-state index contributed by atoms with van der Waals surface area (Å²) in [4.78, 5) is 11.2. The highest BCUT2D eigenvalue weighted by molar-refractivity contribution is 5.35. The van der Waals surface area contributed by atoms with Gasteiger partial charge in [0, 0.05) is 50.0 Å². The number of nitrogens with one attached hydrogen (secondary N) is 1. The van der Waals surface area contributed by atoms with Crippen LogP contribution in [-0.4, -0.2) is 26.4 Å². The second-order valence-corrected chi connectivity index (χ2v) is 6.63. The van der Waals surface area contributed by atoms with E-state index in [0.29, 0.717) is 0 Å². The first-order valence-electron chi connectivity index (χ1n) is 8.71. The van der Waals surface area contributed by atoms with E-state index in [1.807, 2.05) is 30.7 Å². The second-order valence-electron chi connectivity index (χ2n) is 6.63. The monoisotopic (exact) mass is 333 g/mol. The average molecular weight is 333 g/mol. The van der Waals surface area contributed by atoms with Gasteiger partial charge in [-0.3, -0.25) is 15.0 Å². The molecule has 0 aliphatic carbocycles. The van der Waals surface area contributed by atoms with E-state index in [2.05, 4.69) is 57.5 Å². The third-order valence-electron chi connectivity index (χ3n) is 4.95. The molecule has 5 nitrogen and oxygen atoms in total. The second kappa shape index (κ2) is 6.59. The molecule has 0 aromatic carbocycles. The predicted molar refractivity (Wildman–Crippen MR) is 97.7 cm³/mol. The zero-order valence-electron chi connectivity index (χ0n) is 14.7. The fraction of sp³-hybridized carbons (Fsp3) is 0.300. The molecular formula is C20H23N5. The standard InChI is InChI=1S/C20H23N5/c1-15-11-23-25(13-17-5-3-8-21-12-17)20(16(15)2)24-10-7-19-18(14-24)6-4-9-22-19/h3-6,8-9,11-12,23H,7,10,13-14H2,1-2H3. The Hall–Kier alpha value is -2.82. The van der Waals surface area contributed by atoms with Gasteiger partial charge < -0.3 is 10.3 Å². The maximum Gasteiger partial charge on any atom is 0.127 e. The summed E-state index contributed by atoms with van der Waals surface area (Å²) in [5.74, 6) is 1.25. The lowest BCUT2D eigenvalue weighted by Gasteiger charge is -2.41. The molecule has 25 heavy (non-hydrogen) atoms. The number of hydrogen-bond acceptors (Lipinski definition) is 5. The molecule has 5 heteroatoms. The Balaban J connectivity index is 1.64. The van der Waals surface area contributed by atoms with Crippen LogP contribution >= 0.6 is 0 Å². The van der Waals surface area contributed by atoms with Gasteiger partial charge in [0.1, 0.15) is 5.82 Å². The number of nitrogens with zero attached hydrogens (tertiary/aromatic N) is 4. The number of hydrazine groups is 1. The van der Waals surface area contributed by atoms with E-state index in [1.54, 1.807) is 0 Å². The van der Waals surface area contributed by atoms with Gasteiger partial charge in [-0.25, -0.2) is 0 Å². The van der Waals surface area contributed by atoms with E-state index in [0.717, 1.165) is 26.1 Å². The minimum absolute atomic E-state index is 0.778. The normalized spacial score (nSPS) is 17.1. The van der Waals surface area contributed by atoms with Crippen LogP contribution < -0.4 is 5.43 Å². The lowest BCUT2D eigenvalue weighted by molar-refractivity contribution is 0.152. The molecule has 0 radical (unpaired) electrons. The SMILES string of the molecule is CC1=CNN(Cc2cccnc2)C(N2CCc3ncccc3C2)=C1C. The maximum atomic E-state index is 4.53. The van der Waals surface area contributed by atoms with Crippen LogP contribution in [0.3, 0.4) is 0 Å². The van der Waals surface area contributed by atoms with Crippen LogP contribution in [0.1, 0.15) is 30.7 Å². The van der Waals surface area contributed by atoms with Gasteiger partial charge in [0.15, 0.2) is 0 Å². The Kier molecular flexibility index (Phi) is 4.14. The van der Waals surface area contributed by atoms with E-state index in [9.17, 15) is 0 Å². The van der Waals surface area contributed by atoms with E-state index >= 15 is 0 Å². The number of hydrogen-bond donors (Lipinski definition) is 1. The summed E-state index contributed by atoms with van der Waals surface area (Å²) >= 11 is 0. The van der Waals surface area contributed by atoms with Crippen LogP contribution in [0, 0.1) is 0 Å². The first-order valence-corrected chi connectivity index (χ1v) is 8.71. The zero-order valence-corrected chi connectivity index (χ0v) is 14.7. The van der Waals surface area contributed by atoms with Gasteiger partial charge in [-0.1, -0.05) is 12.1 Å². The number of fused-ring (bicyclic) bond motifs is 1. The molecule has 1 N–H and O–H groups in total. The summed E-state index contributed by atoms with van der Waals surface area (Å²) in [6.07, 6.45) is 8.69. The van der Waals surface area contributed by atoms with Crippen molar-refractivity contribution in [3.63, 3.8) is 0 Å². The Labute approximate surface area is 148 Å². The number of pyridine rings is 2. The predicted octanol–water partition coefficient (Wildman–Crippen LogP) is 2.99. The minimum atomic E-state index is 0.778. The molecule has 0 saturated heterocycles. The van der Waals surface area contributed by atoms with Crippen molar-refractivity contribution >= 4 is 0 Å². The molecule has 0 saturated carbocycles. The molecule has 0 unspecified atom stereocenters. The molecule has 0 fully saturated rings. The number of aromatic nitrogens is 2. The topological polar surface area (TPSA) is 44.3 Å². The summed E-state index contributed by atoms with van der Waals surface area (Å²) in [5, 5.41) is 2.22. The van der Waals surface area contributed by atoms with Crippen molar-refractivity contribution in [2.75, 3.05) is 6.54 Å². The van der Waals surface area contributed by atoms with Gasteiger partial charge in [0.05, 0.1) is 6.54 Å². The van der Waals surface area contributed by atoms with E-state index in [4.69, 9.17) is 0 Å². The minimum Gasteiger partial charge on any atom is -0.352 e. The molecule has 2 aromatic rings. The van der Waals surface area contributed by atoms with Gasteiger partial charge in [-0.05, 0) is 48.3 Å². The molecule has 2 aliphatic heterocycles. The Morgan fingerprint density at radius 2 is 2.04 bits per heavy atom. The lowest BCUT2D eigenvalue weighted by Crippen LogP contribution is -2.45. The molecule has 2 aliphatic rings. The highest BCUT2D eigenvalue weighted by atomic mass is 15.6. The van der Waals surface area contributed by atoms with Crippen LogP contribution in [0.25, 0.3) is 0 Å². The van der Waals surface area contributed by atoms with E-state index in [-0.39, 0.29) is 0 Å². The summed E-state index contributed by atoms with van der Waals surface area (Å²) < 4.78 is 0. The zero-order chi connectivity index (χ0) is 17.2. The molecule has 4 heterocycles. The van der Waals surface area contributed by atoms with Crippen molar-refractivity contribution < 1.29 is 0 Å². The van der Waals surface area contributed by atoms with Crippen molar-refractivity contribution in [2.24, 2.45) is 0 Å². The first kappa shape index (κ1) is 15.7. The van der Waals surface area contributed by atoms with E-state index in [1.165, 1.54) is 33.8 Å². The molecule has 0 amide bonds. The third kappa shape index (κ3) is 3.09. The van der Waals surface area contributed by atoms with Crippen molar-refractivity contribution in [1.29, 1.82) is 0 Å². The van der Waals surface area contributed by atoms with Gasteiger partial charge in [-0.15, -0.1) is 0 Å². The number of allylic oxidation sites excluding steroid dienone is 2. The molecule has 2 aromatic heterocycles. The fourth-order valence-corrected chi connectivity index (χ4v) is 3.47. The fourth-order valence-electron chi connectivity index (χ4n) is 3.47. The molecule has 0 bridgehead atoms. The molecule has 0 atom stereocenters. The van der Waals surface area contributed by atoms with Crippen LogP contribution in [0.4, 0.5) is 0 Å². The largest absolute Gasteiger partial charge is 0.352 e. The molecule has 128 valence electrons. The summed E-state index contributed by atoms with van der Waals surface area (Å²) in [7, 11) is 0. The number of rotatable bonds is 3. The summed E-state index contributed by atoms with van der Waals surface area (Å²) in [5.41, 5.74) is 9.77. The molecule has 0 spiro atoms. The van der Waals surface area contributed by atoms with Gasteiger partial charge in [-0.2, -0.15) is 0 Å². The summed E-state index contributed by atoms with van der Waals surface area (Å²) in [6.45, 7) is 7.02. The van der Waals surface area contributed by atoms with Gasteiger partial charge >= 0.3 is 0 Å². The third-order valence-corrected chi connectivity index (χ3v) is 4.95. The van der Waals surface area contributed by atoms with Crippen molar-refractivity contribution in [3.8, 4) is 0 Å². The Morgan fingerprint density at radius 1 is 1.16 bits per heavy atom. The van der Waals surface area contributed by atoms with Gasteiger partial charge in [0.2, 0.25) is 0 Å². The quantitative estimate of drug-likeness (QED) is 0.935. The smallest absolute Gasteiger partial charge is 0.127 e. The van der Waals surface area contributed by atoms with E-state index < -0.39 is 0 Å².